The van der Waals surface area contributed by atoms with Gasteiger partial charge < -0.3 is 0 Å². The number of rotatable bonds is 7. The summed E-state index contributed by atoms with van der Waals surface area (Å²) in [6.07, 6.45) is 1.09. The van der Waals surface area contributed by atoms with E-state index in [1.807, 2.05) is 12.1 Å². The molecule has 0 radical (unpaired) electrons. The lowest BCUT2D eigenvalue weighted by atomic mass is 9.89. The Balaban J connectivity index is 1.31. The lowest BCUT2D eigenvalue weighted by Gasteiger charge is -2.17. The molecule has 0 aliphatic carbocycles. The molecule has 0 aliphatic rings. The molecule has 3 nitrogen and oxygen atoms in total. The van der Waals surface area contributed by atoms with Crippen molar-refractivity contribution < 1.29 is 0 Å². The van der Waals surface area contributed by atoms with Gasteiger partial charge >= 0.3 is 0 Å². The SMILES string of the molecule is CC[C@H](C)c1ccccc1-c1cc(-c2ccc3c(c2)c2ccccc2n3-c2nc(-c3ccccc3)cc(-c3ccccc3)n2)ccc1S. The summed E-state index contributed by atoms with van der Waals surface area (Å²) in [7, 11) is 0. The topological polar surface area (TPSA) is 30.7 Å². The third kappa shape index (κ3) is 5.38. The van der Waals surface area contributed by atoms with E-state index in [1.165, 1.54) is 11.1 Å². The Kier molecular flexibility index (Phi) is 7.87. The molecule has 1 atom stereocenters. The monoisotopic (exact) mass is 637 g/mol. The average molecular weight is 638 g/mol. The first-order valence-corrected chi connectivity index (χ1v) is 17.0. The van der Waals surface area contributed by atoms with Crippen LogP contribution in [-0.4, -0.2) is 14.5 Å². The summed E-state index contributed by atoms with van der Waals surface area (Å²) in [6, 6.07) is 53.4. The Labute approximate surface area is 287 Å². The summed E-state index contributed by atoms with van der Waals surface area (Å²) in [5, 5.41) is 2.33. The molecule has 0 saturated heterocycles. The fraction of sp³-hybridized carbons (Fsp3) is 0.0909. The first-order valence-electron chi connectivity index (χ1n) is 16.5. The zero-order chi connectivity index (χ0) is 32.6. The highest BCUT2D eigenvalue weighted by Crippen LogP contribution is 2.39. The van der Waals surface area contributed by atoms with E-state index in [-0.39, 0.29) is 0 Å². The molecule has 0 fully saturated rings. The van der Waals surface area contributed by atoms with E-state index in [9.17, 15) is 0 Å². The van der Waals surface area contributed by atoms with Crippen LogP contribution in [0.1, 0.15) is 31.7 Å². The van der Waals surface area contributed by atoms with Crippen molar-refractivity contribution in [2.75, 3.05) is 0 Å². The summed E-state index contributed by atoms with van der Waals surface area (Å²) >= 11 is 4.92. The molecule has 0 bridgehead atoms. The van der Waals surface area contributed by atoms with E-state index in [1.54, 1.807) is 0 Å². The van der Waals surface area contributed by atoms with Gasteiger partial charge in [0, 0.05) is 26.8 Å². The van der Waals surface area contributed by atoms with E-state index in [0.717, 1.165) is 72.3 Å². The maximum absolute atomic E-state index is 5.18. The van der Waals surface area contributed by atoms with Crippen molar-refractivity contribution in [1.82, 2.24) is 14.5 Å². The number of hydrogen-bond acceptors (Lipinski definition) is 3. The van der Waals surface area contributed by atoms with Gasteiger partial charge in [-0.25, -0.2) is 9.97 Å². The van der Waals surface area contributed by atoms with Crippen LogP contribution in [0.4, 0.5) is 0 Å². The molecule has 0 amide bonds. The summed E-state index contributed by atoms with van der Waals surface area (Å²) in [5.74, 6) is 1.11. The number of hydrogen-bond donors (Lipinski definition) is 1. The summed E-state index contributed by atoms with van der Waals surface area (Å²) in [5.41, 5.74) is 12.1. The van der Waals surface area contributed by atoms with Gasteiger partial charge in [0.15, 0.2) is 0 Å². The summed E-state index contributed by atoms with van der Waals surface area (Å²) in [4.78, 5) is 11.3. The first kappa shape index (κ1) is 29.9. The van der Waals surface area contributed by atoms with Gasteiger partial charge in [-0.3, -0.25) is 4.57 Å². The predicted molar refractivity (Wildman–Crippen MR) is 204 cm³/mol. The molecule has 48 heavy (non-hydrogen) atoms. The minimum atomic E-state index is 0.463. The highest BCUT2D eigenvalue weighted by molar-refractivity contribution is 7.80. The van der Waals surface area contributed by atoms with Gasteiger partial charge in [0.05, 0.1) is 22.4 Å². The minimum Gasteiger partial charge on any atom is -0.278 e. The van der Waals surface area contributed by atoms with Crippen LogP contribution < -0.4 is 0 Å². The second kappa shape index (κ2) is 12.6. The molecule has 0 saturated carbocycles. The fourth-order valence-electron chi connectivity index (χ4n) is 6.74. The Hall–Kier alpha value is -5.45. The first-order chi connectivity index (χ1) is 23.6. The van der Waals surface area contributed by atoms with Crippen molar-refractivity contribution in [2.45, 2.75) is 31.1 Å². The van der Waals surface area contributed by atoms with Crippen LogP contribution in [0.2, 0.25) is 0 Å². The molecule has 2 heterocycles. The third-order valence-electron chi connectivity index (χ3n) is 9.45. The quantitative estimate of drug-likeness (QED) is 0.176. The van der Waals surface area contributed by atoms with Gasteiger partial charge in [-0.1, -0.05) is 129 Å². The standard InChI is InChI=1S/C44H35N3S/c1-3-29(2)34-18-10-11-19-35(34)38-27-33(23-25-43(38)48)32-22-24-42-37(26-32)36-20-12-13-21-41(36)47(42)44-45-39(30-14-6-4-7-15-30)28-40(46-44)31-16-8-5-9-17-31/h4-29,48H,3H2,1-2H3/t29-/m0/s1. The molecule has 0 N–H and O–H groups in total. The zero-order valence-electron chi connectivity index (χ0n) is 27.0. The molecular formula is C44H35N3S. The lowest BCUT2D eigenvalue weighted by Crippen LogP contribution is -2.03. The zero-order valence-corrected chi connectivity index (χ0v) is 27.9. The van der Waals surface area contributed by atoms with Gasteiger partial charge in [0.25, 0.3) is 0 Å². The fourth-order valence-corrected chi connectivity index (χ4v) is 7.00. The van der Waals surface area contributed by atoms with Crippen LogP contribution in [0.25, 0.3) is 72.5 Å². The maximum Gasteiger partial charge on any atom is 0.235 e. The predicted octanol–water partition coefficient (Wildman–Crippen LogP) is 12.0. The van der Waals surface area contributed by atoms with Crippen LogP contribution >= 0.6 is 12.6 Å². The van der Waals surface area contributed by atoms with Crippen LogP contribution in [0.15, 0.2) is 157 Å². The van der Waals surface area contributed by atoms with E-state index < -0.39 is 0 Å². The molecule has 0 unspecified atom stereocenters. The molecular weight excluding hydrogens is 603 g/mol. The van der Waals surface area contributed by atoms with E-state index in [0.29, 0.717) is 11.9 Å². The van der Waals surface area contributed by atoms with Crippen molar-refractivity contribution in [3.8, 4) is 50.7 Å². The molecule has 232 valence electrons. The summed E-state index contributed by atoms with van der Waals surface area (Å²) in [6.45, 7) is 4.54. The normalized spacial score (nSPS) is 12.1. The van der Waals surface area contributed by atoms with Gasteiger partial charge in [-0.2, -0.15) is 0 Å². The number of aromatic nitrogens is 3. The Morgan fingerprint density at radius 2 is 1.12 bits per heavy atom. The van der Waals surface area contributed by atoms with Crippen LogP contribution in [0, 0.1) is 0 Å². The number of thiol groups is 1. The van der Waals surface area contributed by atoms with Crippen LogP contribution in [0.5, 0.6) is 0 Å². The Morgan fingerprint density at radius 1 is 0.542 bits per heavy atom. The number of benzene rings is 6. The molecule has 0 aliphatic heterocycles. The van der Waals surface area contributed by atoms with Crippen LogP contribution in [0.3, 0.4) is 0 Å². The van der Waals surface area contributed by atoms with Crippen LogP contribution in [-0.2, 0) is 0 Å². The Bertz CT molecular complexity index is 2350. The molecule has 8 rings (SSSR count). The van der Waals surface area contributed by atoms with Crippen molar-refractivity contribution in [3.05, 3.63) is 157 Å². The van der Waals surface area contributed by atoms with Gasteiger partial charge in [0.2, 0.25) is 5.95 Å². The van der Waals surface area contributed by atoms with Crippen molar-refractivity contribution >= 4 is 34.4 Å². The highest BCUT2D eigenvalue weighted by Gasteiger charge is 2.18. The van der Waals surface area contributed by atoms with Crippen molar-refractivity contribution in [1.29, 1.82) is 0 Å². The molecule has 6 aromatic carbocycles. The van der Waals surface area contributed by atoms with Crippen molar-refractivity contribution in [2.24, 2.45) is 0 Å². The third-order valence-corrected chi connectivity index (χ3v) is 9.84. The smallest absolute Gasteiger partial charge is 0.235 e. The molecule has 8 aromatic rings. The largest absolute Gasteiger partial charge is 0.278 e. The van der Waals surface area contributed by atoms with Crippen molar-refractivity contribution in [3.63, 3.8) is 0 Å². The average Bonchev–Trinajstić information content (AvgIpc) is 3.49. The summed E-state index contributed by atoms with van der Waals surface area (Å²) < 4.78 is 2.21. The van der Waals surface area contributed by atoms with E-state index >= 15 is 0 Å². The number of para-hydroxylation sites is 1. The Morgan fingerprint density at radius 3 is 1.83 bits per heavy atom. The molecule has 2 aromatic heterocycles. The van der Waals surface area contributed by atoms with E-state index in [4.69, 9.17) is 22.6 Å². The molecule has 4 heteroatoms. The maximum atomic E-state index is 5.18. The lowest BCUT2D eigenvalue weighted by molar-refractivity contribution is 0.735. The number of fused-ring (bicyclic) bond motifs is 3. The molecule has 0 spiro atoms. The second-order valence-electron chi connectivity index (χ2n) is 12.4. The highest BCUT2D eigenvalue weighted by atomic mass is 32.1. The van der Waals surface area contributed by atoms with Gasteiger partial charge in [-0.15, -0.1) is 12.6 Å². The van der Waals surface area contributed by atoms with Gasteiger partial charge in [0.1, 0.15) is 0 Å². The number of nitrogens with zero attached hydrogens (tertiary/aromatic N) is 3. The van der Waals surface area contributed by atoms with E-state index in [2.05, 4.69) is 158 Å². The minimum absolute atomic E-state index is 0.463. The second-order valence-corrected chi connectivity index (χ2v) is 12.9. The van der Waals surface area contributed by atoms with Gasteiger partial charge in [-0.05, 0) is 76.6 Å².